The molecule has 2 rings (SSSR count). The number of nitrogens with zero attached hydrogens (tertiary/aromatic N) is 1. The van der Waals surface area contributed by atoms with E-state index in [1.165, 1.54) is 25.3 Å². The summed E-state index contributed by atoms with van der Waals surface area (Å²) in [5.41, 5.74) is 0.808. The van der Waals surface area contributed by atoms with Crippen LogP contribution in [0.5, 0.6) is 11.5 Å². The molecule has 0 aliphatic rings. The molecular weight excluding hydrogens is 372 g/mol. The van der Waals surface area contributed by atoms with Gasteiger partial charge in [-0.15, -0.1) is 0 Å². The van der Waals surface area contributed by atoms with E-state index in [2.05, 4.69) is 5.32 Å². The van der Waals surface area contributed by atoms with Gasteiger partial charge in [0, 0.05) is 10.7 Å². The van der Waals surface area contributed by atoms with Crippen molar-refractivity contribution in [2.24, 2.45) is 0 Å². The van der Waals surface area contributed by atoms with E-state index in [-0.39, 0.29) is 17.1 Å². The highest BCUT2D eigenvalue weighted by Gasteiger charge is 2.11. The zero-order valence-electron chi connectivity index (χ0n) is 14.2. The molecule has 0 aliphatic carbocycles. The van der Waals surface area contributed by atoms with E-state index in [0.717, 1.165) is 0 Å². The molecule has 2 aromatic rings. The van der Waals surface area contributed by atoms with E-state index in [0.29, 0.717) is 16.3 Å². The summed E-state index contributed by atoms with van der Waals surface area (Å²) >= 11 is 5.87. The minimum atomic E-state index is -1.37. The number of anilines is 1. The van der Waals surface area contributed by atoms with Gasteiger partial charge in [-0.2, -0.15) is 5.26 Å². The quantitative estimate of drug-likeness (QED) is 0.576. The molecule has 0 aliphatic heterocycles. The molecular formula is C19H14ClN2O5-. The standard InChI is InChI=1S/C19H15ClN2O5/c1-26-17-8-12(5-6-16(17)27-11-18(23)24)7-13(10-21)19(25)22-15-4-2-3-14(20)9-15/h2-9H,11H2,1H3,(H,22,25)(H,23,24)/p-1/b13-7-. The number of methoxy groups -OCH3 is 1. The number of carboxylic acids is 1. The zero-order valence-corrected chi connectivity index (χ0v) is 14.9. The average molecular weight is 386 g/mol. The number of amides is 1. The van der Waals surface area contributed by atoms with Crippen LogP contribution in [0.3, 0.4) is 0 Å². The summed E-state index contributed by atoms with van der Waals surface area (Å²) in [5.74, 6) is -1.53. The van der Waals surface area contributed by atoms with Gasteiger partial charge in [-0.25, -0.2) is 0 Å². The SMILES string of the molecule is COc1cc(/C=C(/C#N)C(=O)Nc2cccc(Cl)c2)ccc1OCC(=O)[O-]. The van der Waals surface area contributed by atoms with Crippen LogP contribution < -0.4 is 19.9 Å². The maximum atomic E-state index is 12.3. The van der Waals surface area contributed by atoms with Crippen LogP contribution in [0.4, 0.5) is 5.69 Å². The van der Waals surface area contributed by atoms with Gasteiger partial charge in [0.05, 0.1) is 13.1 Å². The minimum absolute atomic E-state index is 0.138. The van der Waals surface area contributed by atoms with Crippen molar-refractivity contribution in [3.63, 3.8) is 0 Å². The third kappa shape index (κ3) is 5.76. The summed E-state index contributed by atoms with van der Waals surface area (Å²) in [6.07, 6.45) is 1.37. The summed E-state index contributed by atoms with van der Waals surface area (Å²) in [6.45, 7) is -0.628. The van der Waals surface area contributed by atoms with Crippen LogP contribution in [0.2, 0.25) is 5.02 Å². The number of rotatable bonds is 7. The van der Waals surface area contributed by atoms with Gasteiger partial charge in [0.15, 0.2) is 11.5 Å². The Morgan fingerprint density at radius 1 is 1.26 bits per heavy atom. The van der Waals surface area contributed by atoms with Crippen LogP contribution in [0, 0.1) is 11.3 Å². The van der Waals surface area contributed by atoms with Crippen LogP contribution in [-0.4, -0.2) is 25.6 Å². The van der Waals surface area contributed by atoms with Crippen molar-refractivity contribution in [3.05, 3.63) is 58.6 Å². The number of hydrogen-bond donors (Lipinski definition) is 1. The Labute approximate surface area is 160 Å². The Balaban J connectivity index is 2.22. The lowest BCUT2D eigenvalue weighted by molar-refractivity contribution is -0.307. The first-order valence-corrected chi connectivity index (χ1v) is 8.00. The van der Waals surface area contributed by atoms with Gasteiger partial charge in [-0.1, -0.05) is 23.7 Å². The van der Waals surface area contributed by atoms with Crippen LogP contribution in [0.25, 0.3) is 6.08 Å². The van der Waals surface area contributed by atoms with E-state index in [1.807, 2.05) is 6.07 Å². The van der Waals surface area contributed by atoms with E-state index >= 15 is 0 Å². The van der Waals surface area contributed by atoms with Gasteiger partial charge in [0.25, 0.3) is 5.91 Å². The molecule has 2 aromatic carbocycles. The van der Waals surface area contributed by atoms with Crippen molar-refractivity contribution in [1.82, 2.24) is 0 Å². The molecule has 0 bridgehead atoms. The van der Waals surface area contributed by atoms with Crippen molar-refractivity contribution in [3.8, 4) is 17.6 Å². The Kier molecular flexibility index (Phi) is 6.80. The average Bonchev–Trinajstić information content (AvgIpc) is 2.64. The van der Waals surface area contributed by atoms with Crippen molar-refractivity contribution in [2.45, 2.75) is 0 Å². The first-order valence-electron chi connectivity index (χ1n) is 7.62. The fraction of sp³-hybridized carbons (Fsp3) is 0.105. The number of carbonyl (C=O) groups excluding carboxylic acids is 2. The molecule has 0 fully saturated rings. The molecule has 0 aromatic heterocycles. The molecule has 0 heterocycles. The van der Waals surface area contributed by atoms with Crippen molar-refractivity contribution in [1.29, 1.82) is 5.26 Å². The zero-order chi connectivity index (χ0) is 19.8. The summed E-state index contributed by atoms with van der Waals surface area (Å²) in [4.78, 5) is 22.8. The topological polar surface area (TPSA) is 111 Å². The van der Waals surface area contributed by atoms with Gasteiger partial charge in [0.2, 0.25) is 0 Å². The maximum Gasteiger partial charge on any atom is 0.266 e. The third-order valence-electron chi connectivity index (χ3n) is 3.29. The molecule has 8 heteroatoms. The van der Waals surface area contributed by atoms with E-state index < -0.39 is 18.5 Å². The third-order valence-corrected chi connectivity index (χ3v) is 3.53. The summed E-state index contributed by atoms with van der Waals surface area (Å²) < 4.78 is 10.2. The summed E-state index contributed by atoms with van der Waals surface area (Å²) in [6, 6.07) is 12.9. The molecule has 0 spiro atoms. The van der Waals surface area contributed by atoms with Gasteiger partial charge in [-0.3, -0.25) is 4.79 Å². The molecule has 138 valence electrons. The highest BCUT2D eigenvalue weighted by Crippen LogP contribution is 2.29. The van der Waals surface area contributed by atoms with Crippen LogP contribution in [0.15, 0.2) is 48.0 Å². The molecule has 0 saturated heterocycles. The van der Waals surface area contributed by atoms with Crippen LogP contribution in [0.1, 0.15) is 5.56 Å². The van der Waals surface area contributed by atoms with Crippen molar-refractivity contribution < 1.29 is 24.2 Å². The molecule has 27 heavy (non-hydrogen) atoms. The lowest BCUT2D eigenvalue weighted by Crippen LogP contribution is -2.29. The predicted molar refractivity (Wildman–Crippen MR) is 97.2 cm³/mol. The molecule has 0 atom stereocenters. The number of carbonyl (C=O) groups is 2. The molecule has 1 N–H and O–H groups in total. The Bertz CT molecular complexity index is 934. The molecule has 7 nitrogen and oxygen atoms in total. The Morgan fingerprint density at radius 3 is 2.67 bits per heavy atom. The first kappa shape index (κ1) is 19.8. The number of ether oxygens (including phenoxy) is 2. The monoisotopic (exact) mass is 385 g/mol. The Morgan fingerprint density at radius 2 is 2.04 bits per heavy atom. The molecule has 1 amide bonds. The number of benzene rings is 2. The lowest BCUT2D eigenvalue weighted by atomic mass is 10.1. The largest absolute Gasteiger partial charge is 0.546 e. The minimum Gasteiger partial charge on any atom is -0.546 e. The molecule has 0 saturated carbocycles. The number of carboxylic acid groups (broad SMARTS) is 1. The number of nitrogens with one attached hydrogen (secondary N) is 1. The second kappa shape index (κ2) is 9.27. The van der Waals surface area contributed by atoms with Gasteiger partial charge in [0.1, 0.15) is 18.2 Å². The van der Waals surface area contributed by atoms with Crippen molar-refractivity contribution in [2.75, 3.05) is 19.0 Å². The number of hydrogen-bond acceptors (Lipinski definition) is 6. The summed E-state index contributed by atoms with van der Waals surface area (Å²) in [7, 11) is 1.38. The number of halogens is 1. The first-order chi connectivity index (χ1) is 12.9. The predicted octanol–water partition coefficient (Wildman–Crippen LogP) is 2.02. The smallest absolute Gasteiger partial charge is 0.266 e. The van der Waals surface area contributed by atoms with Crippen LogP contribution in [-0.2, 0) is 9.59 Å². The second-order valence-electron chi connectivity index (χ2n) is 5.21. The highest BCUT2D eigenvalue weighted by molar-refractivity contribution is 6.31. The Hall–Kier alpha value is -3.50. The maximum absolute atomic E-state index is 12.3. The van der Waals surface area contributed by atoms with Gasteiger partial charge < -0.3 is 24.7 Å². The lowest BCUT2D eigenvalue weighted by Gasteiger charge is -2.11. The fourth-order valence-electron chi connectivity index (χ4n) is 2.11. The van der Waals surface area contributed by atoms with Crippen LogP contribution >= 0.6 is 11.6 Å². The normalized spacial score (nSPS) is 10.6. The number of nitriles is 1. The van der Waals surface area contributed by atoms with E-state index in [1.54, 1.807) is 30.3 Å². The summed E-state index contributed by atoms with van der Waals surface area (Å²) in [5, 5.41) is 22.8. The second-order valence-corrected chi connectivity index (χ2v) is 5.64. The fourth-order valence-corrected chi connectivity index (χ4v) is 2.30. The number of aliphatic carboxylic acids is 1. The van der Waals surface area contributed by atoms with Crippen molar-refractivity contribution >= 4 is 35.2 Å². The molecule has 0 radical (unpaired) electrons. The van der Waals surface area contributed by atoms with E-state index in [9.17, 15) is 20.0 Å². The van der Waals surface area contributed by atoms with Gasteiger partial charge in [-0.05, 0) is 42.0 Å². The molecule has 0 unspecified atom stereocenters. The van der Waals surface area contributed by atoms with Gasteiger partial charge >= 0.3 is 0 Å². The van der Waals surface area contributed by atoms with E-state index in [4.69, 9.17) is 21.1 Å². The highest BCUT2D eigenvalue weighted by atomic mass is 35.5.